The molecule has 0 amide bonds. The molecular weight excluding hydrogens is 380 g/mol. The van der Waals surface area contributed by atoms with E-state index >= 15 is 0 Å². The molecule has 1 rings (SSSR count). The fourth-order valence-corrected chi connectivity index (χ4v) is 1.28. The molecule has 1 aromatic carbocycles. The Morgan fingerprint density at radius 1 is 1.12 bits per heavy atom. The van der Waals surface area contributed by atoms with Crippen molar-refractivity contribution in [2.24, 2.45) is 0 Å². The molecule has 0 aliphatic heterocycles. The second-order valence-electron chi connectivity index (χ2n) is 4.65. The Morgan fingerprint density at radius 3 is 1.88 bits per heavy atom. The van der Waals surface area contributed by atoms with Crippen molar-refractivity contribution in [2.75, 3.05) is 0 Å². The molecule has 0 heterocycles. The van der Waals surface area contributed by atoms with Crippen LogP contribution in [0.25, 0.3) is 0 Å². The van der Waals surface area contributed by atoms with Gasteiger partial charge in [0.25, 0.3) is 0 Å². The number of phenols is 1. The van der Waals surface area contributed by atoms with E-state index in [0.717, 1.165) is 5.56 Å². The topological polar surface area (TPSA) is 141 Å². The van der Waals surface area contributed by atoms with Gasteiger partial charge in [0, 0.05) is 5.56 Å². The summed E-state index contributed by atoms with van der Waals surface area (Å²) in [6, 6.07) is 4.96. The molecule has 0 atom stereocenters. The van der Waals surface area contributed by atoms with Crippen LogP contribution in [0.2, 0.25) is 0 Å². The van der Waals surface area contributed by atoms with E-state index in [1.54, 1.807) is 18.2 Å². The Morgan fingerprint density at radius 2 is 1.56 bits per heavy atom. The summed E-state index contributed by atoms with van der Waals surface area (Å²) in [4.78, 5) is 38.5. The number of Topliss-reactive ketones (excluding diaryl/α,β-unsaturated/α-hetero) is 1. The maximum Gasteiger partial charge on any atom is 1.00 e. The fourth-order valence-electron chi connectivity index (χ4n) is 1.28. The molecule has 122 valence electrons. The summed E-state index contributed by atoms with van der Waals surface area (Å²) in [7, 11) is -5.43. The molecule has 0 aliphatic carbocycles. The molecule has 11 heteroatoms. The number of aromatic hydroxyl groups is 1. The Kier molecular flexibility index (Phi) is 21.6. The maximum atomic E-state index is 11.1. The van der Waals surface area contributed by atoms with Gasteiger partial charge in [-0.15, -0.1) is 0 Å². The Balaban J connectivity index is -0.000000192. The number of allylic oxidation sites excluding steroid dienone is 2. The third-order valence-corrected chi connectivity index (χ3v) is 2.89. The molecule has 0 bridgehead atoms. The largest absolute Gasteiger partial charge is 1.00 e. The number of carbonyl (C=O) groups excluding carboxylic acids is 2. The third kappa shape index (κ3) is 15.8. The molecular formula is C14H16Na3O7P. The van der Waals surface area contributed by atoms with Gasteiger partial charge in [-0.2, -0.15) is 0 Å². The number of rotatable bonds is 4. The number of hydrogen-bond acceptors (Lipinski definition) is 7. The average Bonchev–Trinajstić information content (AvgIpc) is 2.36. The Labute approximate surface area is 213 Å². The maximum absolute atomic E-state index is 11.1. The Bertz CT molecular complexity index is 637. The van der Waals surface area contributed by atoms with Crippen LogP contribution in [0.15, 0.2) is 29.8 Å². The molecule has 0 aliphatic rings. The Hall–Kier alpha value is 1.05. The zero-order chi connectivity index (χ0) is 17.5. The first-order chi connectivity index (χ1) is 9.95. The average molecular weight is 396 g/mol. The van der Waals surface area contributed by atoms with Gasteiger partial charge in [-0.1, -0.05) is 11.6 Å². The van der Waals surface area contributed by atoms with Crippen LogP contribution in [0.4, 0.5) is 4.79 Å². The zero-order valence-corrected chi connectivity index (χ0v) is 22.3. The quantitative estimate of drug-likeness (QED) is 0.231. The number of phenolic OH excluding ortho intramolecular Hbond substituents is 1. The number of benzene rings is 1. The number of carbonyl (C=O) groups is 2. The summed E-state index contributed by atoms with van der Waals surface area (Å²) in [5, 5.41) is 18.6. The summed E-state index contributed by atoms with van der Waals surface area (Å²) in [5.74, 6) is 0.269. The first-order valence-corrected chi connectivity index (χ1v) is 7.69. The van der Waals surface area contributed by atoms with E-state index in [1.807, 2.05) is 19.9 Å². The van der Waals surface area contributed by atoms with E-state index in [0.29, 0.717) is 12.0 Å². The first-order valence-electron chi connectivity index (χ1n) is 6.15. The minimum Gasteiger partial charge on any atom is -0.807 e. The van der Waals surface area contributed by atoms with Crippen molar-refractivity contribution in [1.82, 2.24) is 0 Å². The van der Waals surface area contributed by atoms with Crippen molar-refractivity contribution < 1.29 is 123 Å². The van der Waals surface area contributed by atoms with Crippen LogP contribution in [0.5, 0.6) is 5.75 Å². The third-order valence-electron chi connectivity index (χ3n) is 2.44. The second-order valence-corrected chi connectivity index (χ2v) is 6.01. The molecule has 0 saturated heterocycles. The van der Waals surface area contributed by atoms with Gasteiger partial charge in [0.05, 0.1) is 5.71 Å². The molecule has 7 nitrogen and oxygen atoms in total. The van der Waals surface area contributed by atoms with Gasteiger partial charge in [0.1, 0.15) is 5.75 Å². The van der Waals surface area contributed by atoms with Gasteiger partial charge in [0.15, 0.2) is 5.78 Å². The van der Waals surface area contributed by atoms with Gasteiger partial charge >= 0.3 is 88.7 Å². The van der Waals surface area contributed by atoms with Gasteiger partial charge < -0.3 is 29.4 Å². The van der Waals surface area contributed by atoms with E-state index < -0.39 is 13.3 Å². The number of carboxylic acid groups (broad SMARTS) is 1. The first kappa shape index (κ1) is 33.6. The molecule has 0 radical (unpaired) electrons. The van der Waals surface area contributed by atoms with Crippen LogP contribution < -0.4 is 104 Å². The zero-order valence-electron chi connectivity index (χ0n) is 15.4. The van der Waals surface area contributed by atoms with E-state index in [1.165, 1.54) is 12.5 Å². The van der Waals surface area contributed by atoms with Crippen molar-refractivity contribution in [3.05, 3.63) is 41.0 Å². The normalized spacial score (nSPS) is 9.00. The molecule has 1 aromatic rings. The van der Waals surface area contributed by atoms with Crippen molar-refractivity contribution in [2.45, 2.75) is 27.2 Å². The van der Waals surface area contributed by atoms with Gasteiger partial charge in [-0.25, -0.2) is 0 Å². The van der Waals surface area contributed by atoms with Crippen LogP contribution in [0, 0.1) is 0 Å². The van der Waals surface area contributed by atoms with Gasteiger partial charge in [-0.3, -0.25) is 4.79 Å². The summed E-state index contributed by atoms with van der Waals surface area (Å²) in [6.45, 7) is 5.54. The predicted molar refractivity (Wildman–Crippen MR) is 74.2 cm³/mol. The van der Waals surface area contributed by atoms with Crippen LogP contribution in [-0.4, -0.2) is 16.6 Å². The van der Waals surface area contributed by atoms with Crippen molar-refractivity contribution in [3.63, 3.8) is 0 Å². The summed E-state index contributed by atoms with van der Waals surface area (Å²) < 4.78 is 9.14. The number of ketones is 1. The molecule has 1 N–H and O–H groups in total. The SMILES string of the molecule is CC(=O)c1ccc(O)c(CC=C(C)C)c1.O=C([O-])P(=O)([O-])[O-].[Na+].[Na+].[Na+]. The molecule has 25 heavy (non-hydrogen) atoms. The standard InChI is InChI=1S/C13H16O2.CH3O5P.3Na/c1-9(2)4-5-12-8-11(10(3)14)6-7-13(12)15;2-1(3)7(4,5)6;;;/h4,6-8,15H,5H2,1-3H3;(H,2,3)(H2,4,5,6);;;/q;;3*+1/p-3. The smallest absolute Gasteiger partial charge is 0.807 e. The van der Waals surface area contributed by atoms with E-state index in [-0.39, 0.29) is 100 Å². The summed E-state index contributed by atoms with van der Waals surface area (Å²) >= 11 is 0. The van der Waals surface area contributed by atoms with Crippen LogP contribution >= 0.6 is 7.60 Å². The summed E-state index contributed by atoms with van der Waals surface area (Å²) in [6.07, 6.45) is 2.69. The van der Waals surface area contributed by atoms with Crippen molar-refractivity contribution >= 4 is 19.1 Å². The molecule has 0 spiro atoms. The van der Waals surface area contributed by atoms with Crippen LogP contribution in [0.1, 0.15) is 36.7 Å². The van der Waals surface area contributed by atoms with E-state index in [9.17, 15) is 9.90 Å². The molecule has 0 fully saturated rings. The van der Waals surface area contributed by atoms with Crippen molar-refractivity contribution in [1.29, 1.82) is 0 Å². The molecule has 0 unspecified atom stereocenters. The van der Waals surface area contributed by atoms with Gasteiger partial charge in [0.2, 0.25) is 0 Å². The van der Waals surface area contributed by atoms with Gasteiger partial charge in [-0.05, 0) is 58.6 Å². The van der Waals surface area contributed by atoms with E-state index in [4.69, 9.17) is 24.3 Å². The van der Waals surface area contributed by atoms with Crippen molar-refractivity contribution in [3.8, 4) is 5.75 Å². The monoisotopic (exact) mass is 396 g/mol. The minimum absolute atomic E-state index is 0. The van der Waals surface area contributed by atoms with Crippen LogP contribution in [-0.2, 0) is 11.0 Å². The number of hydrogen-bond donors (Lipinski definition) is 1. The van der Waals surface area contributed by atoms with E-state index in [2.05, 4.69) is 0 Å². The fraction of sp³-hybridized carbons (Fsp3) is 0.286. The van der Waals surface area contributed by atoms with Crippen LogP contribution in [0.3, 0.4) is 0 Å². The molecule has 0 aromatic heterocycles. The minimum atomic E-state index is -5.43. The second kappa shape index (κ2) is 16.0. The summed E-state index contributed by atoms with van der Waals surface area (Å²) in [5.41, 5.74) is 0.0731. The molecule has 0 saturated carbocycles. The predicted octanol–water partition coefficient (Wildman–Crippen LogP) is -8.64.